The smallest absolute Gasteiger partial charge is 0.132 e. The van der Waals surface area contributed by atoms with Gasteiger partial charge in [-0.25, -0.2) is 9.97 Å². The molecule has 82 valence electrons. The SMILES string of the molecule is Cc1cc(C(C)C)nc(C2CC(N)C2)n1. The Labute approximate surface area is 91.1 Å². The van der Waals surface area contributed by atoms with E-state index in [2.05, 4.69) is 29.9 Å². The Morgan fingerprint density at radius 1 is 1.33 bits per heavy atom. The maximum absolute atomic E-state index is 5.79. The lowest BCUT2D eigenvalue weighted by atomic mass is 9.80. The fourth-order valence-corrected chi connectivity index (χ4v) is 1.97. The van der Waals surface area contributed by atoms with Crippen molar-refractivity contribution in [1.82, 2.24) is 9.97 Å². The monoisotopic (exact) mass is 205 g/mol. The first-order chi connectivity index (χ1) is 7.06. The number of rotatable bonds is 2. The van der Waals surface area contributed by atoms with Crippen LogP contribution in [-0.4, -0.2) is 16.0 Å². The van der Waals surface area contributed by atoms with Crippen LogP contribution in [0.2, 0.25) is 0 Å². The molecule has 1 aromatic heterocycles. The zero-order valence-corrected chi connectivity index (χ0v) is 9.70. The zero-order valence-electron chi connectivity index (χ0n) is 9.70. The summed E-state index contributed by atoms with van der Waals surface area (Å²) in [6.45, 7) is 6.37. The van der Waals surface area contributed by atoms with Gasteiger partial charge in [0.25, 0.3) is 0 Å². The van der Waals surface area contributed by atoms with E-state index in [4.69, 9.17) is 5.73 Å². The van der Waals surface area contributed by atoms with Crippen molar-refractivity contribution in [2.24, 2.45) is 5.73 Å². The van der Waals surface area contributed by atoms with Crippen molar-refractivity contribution in [3.8, 4) is 0 Å². The molecule has 0 aliphatic heterocycles. The van der Waals surface area contributed by atoms with E-state index >= 15 is 0 Å². The molecule has 0 radical (unpaired) electrons. The van der Waals surface area contributed by atoms with Crippen LogP contribution in [0.4, 0.5) is 0 Å². The molecule has 15 heavy (non-hydrogen) atoms. The maximum atomic E-state index is 5.79. The van der Waals surface area contributed by atoms with Crippen LogP contribution in [0.5, 0.6) is 0 Å². The quantitative estimate of drug-likeness (QED) is 0.804. The van der Waals surface area contributed by atoms with E-state index in [1.807, 2.05) is 6.92 Å². The van der Waals surface area contributed by atoms with Gasteiger partial charge >= 0.3 is 0 Å². The second kappa shape index (κ2) is 3.89. The third kappa shape index (κ3) is 2.17. The Balaban J connectivity index is 2.24. The Hall–Kier alpha value is -0.960. The minimum Gasteiger partial charge on any atom is -0.328 e. The van der Waals surface area contributed by atoms with Gasteiger partial charge in [0.1, 0.15) is 5.82 Å². The summed E-state index contributed by atoms with van der Waals surface area (Å²) in [5, 5.41) is 0. The Bertz CT molecular complexity index is 354. The molecule has 0 aromatic carbocycles. The first-order valence-corrected chi connectivity index (χ1v) is 5.67. The topological polar surface area (TPSA) is 51.8 Å². The van der Waals surface area contributed by atoms with E-state index in [0.29, 0.717) is 17.9 Å². The molecule has 0 atom stereocenters. The average Bonchev–Trinajstić information content (AvgIpc) is 2.12. The van der Waals surface area contributed by atoms with Gasteiger partial charge in [-0.05, 0) is 31.7 Å². The van der Waals surface area contributed by atoms with Crippen molar-refractivity contribution in [2.75, 3.05) is 0 Å². The van der Waals surface area contributed by atoms with E-state index in [1.165, 1.54) is 0 Å². The normalized spacial score (nSPS) is 25.4. The molecule has 3 heteroatoms. The predicted molar refractivity (Wildman–Crippen MR) is 60.8 cm³/mol. The fraction of sp³-hybridized carbons (Fsp3) is 0.667. The molecule has 0 amide bonds. The van der Waals surface area contributed by atoms with Gasteiger partial charge in [-0.1, -0.05) is 13.8 Å². The molecule has 0 bridgehead atoms. The number of aryl methyl sites for hydroxylation is 1. The van der Waals surface area contributed by atoms with Gasteiger partial charge in [0, 0.05) is 23.3 Å². The molecule has 2 rings (SSSR count). The van der Waals surface area contributed by atoms with Crippen molar-refractivity contribution in [2.45, 2.75) is 51.5 Å². The maximum Gasteiger partial charge on any atom is 0.132 e. The van der Waals surface area contributed by atoms with Crippen LogP contribution in [-0.2, 0) is 0 Å². The average molecular weight is 205 g/mol. The van der Waals surface area contributed by atoms with Gasteiger partial charge in [0.2, 0.25) is 0 Å². The molecule has 1 heterocycles. The van der Waals surface area contributed by atoms with Crippen LogP contribution in [0.15, 0.2) is 6.07 Å². The van der Waals surface area contributed by atoms with E-state index in [9.17, 15) is 0 Å². The molecule has 0 spiro atoms. The largest absolute Gasteiger partial charge is 0.328 e. The second-order valence-corrected chi connectivity index (χ2v) is 4.88. The zero-order chi connectivity index (χ0) is 11.0. The van der Waals surface area contributed by atoms with Gasteiger partial charge in [0.05, 0.1) is 0 Å². The van der Waals surface area contributed by atoms with Crippen molar-refractivity contribution in [1.29, 1.82) is 0 Å². The Morgan fingerprint density at radius 2 is 2.00 bits per heavy atom. The summed E-state index contributed by atoms with van der Waals surface area (Å²) in [5.41, 5.74) is 8.01. The number of aromatic nitrogens is 2. The minimum atomic E-state index is 0.363. The molecule has 1 aliphatic carbocycles. The summed E-state index contributed by atoms with van der Waals surface area (Å²) in [7, 11) is 0. The molecule has 1 aliphatic rings. The van der Waals surface area contributed by atoms with Gasteiger partial charge < -0.3 is 5.73 Å². The highest BCUT2D eigenvalue weighted by Crippen LogP contribution is 2.34. The van der Waals surface area contributed by atoms with Gasteiger partial charge in [0.15, 0.2) is 0 Å². The molecule has 0 saturated heterocycles. The first-order valence-electron chi connectivity index (χ1n) is 5.67. The standard InChI is InChI=1S/C12H19N3/c1-7(2)11-4-8(3)14-12(15-11)9-5-10(13)6-9/h4,7,9-10H,5-6,13H2,1-3H3. The summed E-state index contributed by atoms with van der Waals surface area (Å²) in [6.07, 6.45) is 2.09. The van der Waals surface area contributed by atoms with Crippen LogP contribution in [0, 0.1) is 6.92 Å². The molecular weight excluding hydrogens is 186 g/mol. The molecule has 1 aromatic rings. The first kappa shape index (κ1) is 10.6. The van der Waals surface area contributed by atoms with Crippen molar-refractivity contribution >= 4 is 0 Å². The van der Waals surface area contributed by atoms with Gasteiger partial charge in [-0.3, -0.25) is 0 Å². The van der Waals surface area contributed by atoms with E-state index in [-0.39, 0.29) is 0 Å². The van der Waals surface area contributed by atoms with E-state index in [1.54, 1.807) is 0 Å². The predicted octanol–water partition coefficient (Wildman–Crippen LogP) is 2.11. The third-order valence-corrected chi connectivity index (χ3v) is 3.02. The van der Waals surface area contributed by atoms with Gasteiger partial charge in [-0.2, -0.15) is 0 Å². The summed E-state index contributed by atoms with van der Waals surface area (Å²) in [5.74, 6) is 1.97. The van der Waals surface area contributed by atoms with E-state index in [0.717, 1.165) is 30.1 Å². The third-order valence-electron chi connectivity index (χ3n) is 3.02. The minimum absolute atomic E-state index is 0.363. The van der Waals surface area contributed by atoms with Crippen LogP contribution in [0.1, 0.15) is 55.7 Å². The lowest BCUT2D eigenvalue weighted by molar-refractivity contribution is 0.337. The summed E-state index contributed by atoms with van der Waals surface area (Å²) < 4.78 is 0. The Kier molecular flexibility index (Phi) is 2.74. The molecule has 1 saturated carbocycles. The van der Waals surface area contributed by atoms with Crippen molar-refractivity contribution in [3.63, 3.8) is 0 Å². The molecule has 1 fully saturated rings. The molecular formula is C12H19N3. The highest BCUT2D eigenvalue weighted by atomic mass is 14.9. The molecule has 0 unspecified atom stereocenters. The van der Waals surface area contributed by atoms with Crippen molar-refractivity contribution in [3.05, 3.63) is 23.3 Å². The second-order valence-electron chi connectivity index (χ2n) is 4.88. The van der Waals surface area contributed by atoms with Crippen LogP contribution >= 0.6 is 0 Å². The van der Waals surface area contributed by atoms with Crippen molar-refractivity contribution < 1.29 is 0 Å². The summed E-state index contributed by atoms with van der Waals surface area (Å²) in [6, 6.07) is 2.44. The molecule has 2 N–H and O–H groups in total. The number of hydrogen-bond donors (Lipinski definition) is 1. The van der Waals surface area contributed by atoms with Crippen LogP contribution < -0.4 is 5.73 Å². The fourth-order valence-electron chi connectivity index (χ4n) is 1.97. The highest BCUT2D eigenvalue weighted by Gasteiger charge is 2.29. The van der Waals surface area contributed by atoms with Crippen LogP contribution in [0.3, 0.4) is 0 Å². The number of nitrogens with two attached hydrogens (primary N) is 1. The van der Waals surface area contributed by atoms with E-state index < -0.39 is 0 Å². The van der Waals surface area contributed by atoms with Gasteiger partial charge in [-0.15, -0.1) is 0 Å². The number of hydrogen-bond acceptors (Lipinski definition) is 3. The number of nitrogens with zero attached hydrogens (tertiary/aromatic N) is 2. The Morgan fingerprint density at radius 3 is 2.53 bits per heavy atom. The molecule has 3 nitrogen and oxygen atoms in total. The van der Waals surface area contributed by atoms with Crippen LogP contribution in [0.25, 0.3) is 0 Å². The summed E-state index contributed by atoms with van der Waals surface area (Å²) >= 11 is 0. The summed E-state index contributed by atoms with van der Waals surface area (Å²) in [4.78, 5) is 9.13. The lowest BCUT2D eigenvalue weighted by Gasteiger charge is -2.31. The lowest BCUT2D eigenvalue weighted by Crippen LogP contribution is -2.35. The highest BCUT2D eigenvalue weighted by molar-refractivity contribution is 5.16.